The van der Waals surface area contributed by atoms with Crippen LogP contribution in [0.3, 0.4) is 0 Å². The van der Waals surface area contributed by atoms with E-state index in [-0.39, 0.29) is 5.56 Å². The molecule has 0 fully saturated rings. The fourth-order valence-electron chi connectivity index (χ4n) is 2.89. The highest BCUT2D eigenvalue weighted by Gasteiger charge is 2.19. The molecule has 2 aromatic heterocycles. The number of hydrogen-bond donors (Lipinski definition) is 1. The van der Waals surface area contributed by atoms with Gasteiger partial charge >= 0.3 is 0 Å². The Kier molecular flexibility index (Phi) is 4.07. The highest BCUT2D eigenvalue weighted by atomic mass is 32.1. The lowest BCUT2D eigenvalue weighted by atomic mass is 9.94. The normalized spacial score (nSPS) is 14.1. The van der Waals surface area contributed by atoms with Crippen LogP contribution < -0.4 is 11.3 Å². The van der Waals surface area contributed by atoms with Crippen molar-refractivity contribution in [1.29, 1.82) is 0 Å². The second kappa shape index (κ2) is 5.99. The number of hydrogen-bond acceptors (Lipinski definition) is 5. The van der Waals surface area contributed by atoms with Gasteiger partial charge in [0.1, 0.15) is 0 Å². The SMILES string of the molecule is COCCn1c2c(cc(-c3csc(N)n3)c1=O)CCCC2. The monoisotopic (exact) mass is 305 g/mol. The number of nitrogens with two attached hydrogens (primary N) is 1. The number of rotatable bonds is 4. The van der Waals surface area contributed by atoms with Crippen molar-refractivity contribution < 1.29 is 4.74 Å². The number of methoxy groups -OCH3 is 1. The first kappa shape index (κ1) is 14.3. The summed E-state index contributed by atoms with van der Waals surface area (Å²) in [5.74, 6) is 0. The molecule has 112 valence electrons. The first-order valence-electron chi connectivity index (χ1n) is 7.16. The lowest BCUT2D eigenvalue weighted by molar-refractivity contribution is 0.185. The van der Waals surface area contributed by atoms with Crippen LogP contribution in [-0.4, -0.2) is 23.3 Å². The number of thiazole rings is 1. The molecule has 2 N–H and O–H groups in total. The van der Waals surface area contributed by atoms with Gasteiger partial charge in [0.05, 0.1) is 17.9 Å². The summed E-state index contributed by atoms with van der Waals surface area (Å²) in [5, 5.41) is 2.34. The largest absolute Gasteiger partial charge is 0.383 e. The van der Waals surface area contributed by atoms with Crippen LogP contribution in [0, 0.1) is 0 Å². The van der Waals surface area contributed by atoms with Gasteiger partial charge in [-0.15, -0.1) is 11.3 Å². The van der Waals surface area contributed by atoms with Gasteiger partial charge in [0.15, 0.2) is 5.13 Å². The van der Waals surface area contributed by atoms with E-state index < -0.39 is 0 Å². The molecular formula is C15H19N3O2S. The van der Waals surface area contributed by atoms with Crippen LogP contribution >= 0.6 is 11.3 Å². The number of ether oxygens (including phenoxy) is 1. The molecular weight excluding hydrogens is 286 g/mol. The van der Waals surface area contributed by atoms with Crippen LogP contribution in [0.4, 0.5) is 5.13 Å². The summed E-state index contributed by atoms with van der Waals surface area (Å²) in [7, 11) is 1.66. The second-order valence-electron chi connectivity index (χ2n) is 5.26. The van der Waals surface area contributed by atoms with Gasteiger partial charge in [0.2, 0.25) is 0 Å². The maximum atomic E-state index is 12.8. The number of anilines is 1. The van der Waals surface area contributed by atoms with E-state index in [1.165, 1.54) is 23.3 Å². The van der Waals surface area contributed by atoms with Crippen LogP contribution in [0.15, 0.2) is 16.2 Å². The minimum Gasteiger partial charge on any atom is -0.383 e. The second-order valence-corrected chi connectivity index (χ2v) is 6.15. The van der Waals surface area contributed by atoms with Gasteiger partial charge in [0.25, 0.3) is 5.56 Å². The minimum atomic E-state index is 0.0120. The average Bonchev–Trinajstić information content (AvgIpc) is 2.92. The Morgan fingerprint density at radius 1 is 1.43 bits per heavy atom. The van der Waals surface area contributed by atoms with Gasteiger partial charge in [-0.2, -0.15) is 0 Å². The zero-order chi connectivity index (χ0) is 14.8. The van der Waals surface area contributed by atoms with E-state index in [1.807, 2.05) is 16.0 Å². The molecule has 1 aliphatic carbocycles. The van der Waals surface area contributed by atoms with E-state index in [1.54, 1.807) is 7.11 Å². The topological polar surface area (TPSA) is 70.1 Å². The highest BCUT2D eigenvalue weighted by Crippen LogP contribution is 2.26. The molecule has 6 heteroatoms. The summed E-state index contributed by atoms with van der Waals surface area (Å²) in [6.07, 6.45) is 4.31. The molecule has 0 atom stereocenters. The summed E-state index contributed by atoms with van der Waals surface area (Å²) in [4.78, 5) is 17.1. The Balaban J connectivity index is 2.15. The smallest absolute Gasteiger partial charge is 0.260 e. The maximum absolute atomic E-state index is 12.8. The molecule has 2 aromatic rings. The Morgan fingerprint density at radius 2 is 2.24 bits per heavy atom. The lowest BCUT2D eigenvalue weighted by Gasteiger charge is -2.22. The van der Waals surface area contributed by atoms with Gasteiger partial charge < -0.3 is 15.0 Å². The molecule has 5 nitrogen and oxygen atoms in total. The van der Waals surface area contributed by atoms with Crippen LogP contribution in [0.2, 0.25) is 0 Å². The van der Waals surface area contributed by atoms with E-state index in [9.17, 15) is 4.79 Å². The molecule has 0 radical (unpaired) electrons. The third kappa shape index (κ3) is 2.73. The van der Waals surface area contributed by atoms with E-state index >= 15 is 0 Å². The Labute approximate surface area is 127 Å². The van der Waals surface area contributed by atoms with Crippen molar-refractivity contribution >= 4 is 16.5 Å². The number of nitrogen functional groups attached to an aromatic ring is 1. The van der Waals surface area contributed by atoms with E-state index in [0.29, 0.717) is 29.5 Å². The molecule has 0 saturated carbocycles. The van der Waals surface area contributed by atoms with Crippen molar-refractivity contribution in [2.45, 2.75) is 32.2 Å². The van der Waals surface area contributed by atoms with Gasteiger partial charge in [-0.1, -0.05) is 0 Å². The first-order chi connectivity index (χ1) is 10.2. The Hall–Kier alpha value is -1.66. The number of fused-ring (bicyclic) bond motifs is 1. The van der Waals surface area contributed by atoms with Crippen molar-refractivity contribution in [2.75, 3.05) is 19.5 Å². The molecule has 0 saturated heterocycles. The minimum absolute atomic E-state index is 0.0120. The van der Waals surface area contributed by atoms with E-state index in [4.69, 9.17) is 10.5 Å². The predicted octanol–water partition coefficient (Wildman–Crippen LogP) is 2.08. The fraction of sp³-hybridized carbons (Fsp3) is 0.467. The summed E-state index contributed by atoms with van der Waals surface area (Å²) in [6, 6.07) is 2.01. The average molecular weight is 305 g/mol. The molecule has 21 heavy (non-hydrogen) atoms. The molecule has 0 amide bonds. The van der Waals surface area contributed by atoms with E-state index in [2.05, 4.69) is 4.98 Å². The van der Waals surface area contributed by atoms with Crippen molar-refractivity contribution in [3.05, 3.63) is 33.1 Å². The Bertz CT molecular complexity index is 705. The van der Waals surface area contributed by atoms with Crippen molar-refractivity contribution in [2.24, 2.45) is 0 Å². The molecule has 0 spiro atoms. The first-order valence-corrected chi connectivity index (χ1v) is 8.04. The summed E-state index contributed by atoms with van der Waals surface area (Å²) < 4.78 is 7.01. The van der Waals surface area contributed by atoms with Crippen molar-refractivity contribution in [3.8, 4) is 11.3 Å². The number of aromatic nitrogens is 2. The molecule has 2 heterocycles. The Morgan fingerprint density at radius 3 is 2.95 bits per heavy atom. The molecule has 0 aliphatic heterocycles. The third-order valence-corrected chi connectivity index (χ3v) is 4.59. The van der Waals surface area contributed by atoms with Crippen LogP contribution in [0.1, 0.15) is 24.1 Å². The molecule has 1 aliphatic rings. The van der Waals surface area contributed by atoms with Crippen LogP contribution in [-0.2, 0) is 24.1 Å². The van der Waals surface area contributed by atoms with Gasteiger partial charge in [-0.05, 0) is 37.3 Å². The quantitative estimate of drug-likeness (QED) is 0.939. The molecule has 0 unspecified atom stereocenters. The standard InChI is InChI=1S/C15H19N3O2S/c1-20-7-6-18-13-5-3-2-4-10(13)8-11(14(18)19)12-9-21-15(16)17-12/h8-9H,2-7H2,1H3,(H2,16,17). The number of pyridine rings is 1. The third-order valence-electron chi connectivity index (χ3n) is 3.92. The maximum Gasteiger partial charge on any atom is 0.260 e. The highest BCUT2D eigenvalue weighted by molar-refractivity contribution is 7.13. The van der Waals surface area contributed by atoms with Gasteiger partial charge in [0, 0.05) is 24.7 Å². The lowest BCUT2D eigenvalue weighted by Crippen LogP contribution is -2.29. The molecule has 0 bridgehead atoms. The fourth-order valence-corrected chi connectivity index (χ4v) is 3.46. The van der Waals surface area contributed by atoms with Gasteiger partial charge in [-0.3, -0.25) is 4.79 Å². The predicted molar refractivity (Wildman–Crippen MR) is 84.7 cm³/mol. The zero-order valence-electron chi connectivity index (χ0n) is 12.1. The summed E-state index contributed by atoms with van der Waals surface area (Å²) >= 11 is 1.36. The number of aryl methyl sites for hydroxylation is 1. The van der Waals surface area contributed by atoms with Crippen molar-refractivity contribution in [1.82, 2.24) is 9.55 Å². The zero-order valence-corrected chi connectivity index (χ0v) is 12.9. The van der Waals surface area contributed by atoms with Crippen LogP contribution in [0.5, 0.6) is 0 Å². The van der Waals surface area contributed by atoms with Crippen LogP contribution in [0.25, 0.3) is 11.3 Å². The molecule has 0 aromatic carbocycles. The number of nitrogens with zero attached hydrogens (tertiary/aromatic N) is 2. The van der Waals surface area contributed by atoms with Gasteiger partial charge in [-0.25, -0.2) is 4.98 Å². The summed E-state index contributed by atoms with van der Waals surface area (Å²) in [5.41, 5.74) is 9.47. The van der Waals surface area contributed by atoms with E-state index in [0.717, 1.165) is 25.0 Å². The van der Waals surface area contributed by atoms with Crippen molar-refractivity contribution in [3.63, 3.8) is 0 Å². The summed E-state index contributed by atoms with van der Waals surface area (Å²) in [6.45, 7) is 1.13. The molecule has 3 rings (SSSR count).